The molecule has 3 aromatic carbocycles. The maximum atomic E-state index is 13.2. The first-order valence-corrected chi connectivity index (χ1v) is 9.71. The summed E-state index contributed by atoms with van der Waals surface area (Å²) >= 11 is 1.55. The zero-order valence-electron chi connectivity index (χ0n) is 15.7. The summed E-state index contributed by atoms with van der Waals surface area (Å²) < 4.78 is 24.0. The van der Waals surface area contributed by atoms with Crippen molar-refractivity contribution in [3.63, 3.8) is 0 Å². The molecule has 0 amide bonds. The predicted octanol–water partition coefficient (Wildman–Crippen LogP) is 5.95. The Bertz CT molecular complexity index is 926. The number of thioether (sulfide) groups is 1. The summed E-state index contributed by atoms with van der Waals surface area (Å²) in [5, 5.41) is -0.125. The normalized spacial score (nSPS) is 11.7. The number of halogens is 1. The van der Waals surface area contributed by atoms with Crippen molar-refractivity contribution in [1.82, 2.24) is 0 Å². The maximum absolute atomic E-state index is 13.2. The fraction of sp³-hybridized carbons (Fsp3) is 0.174. The second-order valence-electron chi connectivity index (χ2n) is 6.17. The Morgan fingerprint density at radius 2 is 1.68 bits per heavy atom. The second-order valence-corrected chi connectivity index (χ2v) is 7.41. The first kappa shape index (κ1) is 20.0. The Kier molecular flexibility index (Phi) is 6.71. The van der Waals surface area contributed by atoms with Crippen LogP contribution in [0.1, 0.15) is 27.6 Å². The van der Waals surface area contributed by atoms with Crippen LogP contribution in [0.25, 0.3) is 0 Å². The van der Waals surface area contributed by atoms with Crippen molar-refractivity contribution in [3.05, 3.63) is 89.7 Å². The van der Waals surface area contributed by atoms with Crippen LogP contribution in [-0.2, 0) is 0 Å². The molecule has 0 bridgehead atoms. The molecule has 3 rings (SSSR count). The van der Waals surface area contributed by atoms with Gasteiger partial charge in [-0.1, -0.05) is 30.3 Å². The average molecular weight is 396 g/mol. The van der Waals surface area contributed by atoms with Gasteiger partial charge >= 0.3 is 0 Å². The minimum Gasteiger partial charge on any atom is -0.497 e. The monoisotopic (exact) mass is 396 g/mol. The van der Waals surface area contributed by atoms with Gasteiger partial charge < -0.3 is 9.47 Å². The Hall–Kier alpha value is -2.79. The number of carbonyl (C=O) groups excluding carboxylic acids is 1. The van der Waals surface area contributed by atoms with Crippen molar-refractivity contribution in [2.24, 2.45) is 0 Å². The Labute approximate surface area is 168 Å². The van der Waals surface area contributed by atoms with Crippen LogP contribution in [0, 0.1) is 5.82 Å². The SMILES string of the molecule is COc1ccc(OC)c(S[C@@H](CC(=O)c2ccc(F)cc2)c2ccccc2)c1. The Morgan fingerprint density at radius 3 is 2.32 bits per heavy atom. The predicted molar refractivity (Wildman–Crippen MR) is 110 cm³/mol. The van der Waals surface area contributed by atoms with Crippen LogP contribution in [-0.4, -0.2) is 20.0 Å². The highest BCUT2D eigenvalue weighted by atomic mass is 32.2. The highest BCUT2D eigenvalue weighted by molar-refractivity contribution is 7.99. The molecule has 144 valence electrons. The van der Waals surface area contributed by atoms with Crippen molar-refractivity contribution in [2.45, 2.75) is 16.6 Å². The summed E-state index contributed by atoms with van der Waals surface area (Å²) in [6.07, 6.45) is 0.278. The minimum absolute atomic E-state index is 0.0387. The smallest absolute Gasteiger partial charge is 0.164 e. The van der Waals surface area contributed by atoms with E-state index < -0.39 is 0 Å². The van der Waals surface area contributed by atoms with Gasteiger partial charge in [-0.15, -0.1) is 11.8 Å². The third kappa shape index (κ3) is 4.93. The largest absolute Gasteiger partial charge is 0.497 e. The van der Waals surface area contributed by atoms with Crippen LogP contribution in [0.3, 0.4) is 0 Å². The van der Waals surface area contributed by atoms with Crippen LogP contribution >= 0.6 is 11.8 Å². The standard InChI is InChI=1S/C23H21FO3S/c1-26-19-12-13-21(27-2)23(14-19)28-22(17-6-4-3-5-7-17)15-20(25)16-8-10-18(24)11-9-16/h3-14,22H,15H2,1-2H3/t22-/m0/s1. The molecule has 5 heteroatoms. The van der Waals surface area contributed by atoms with E-state index in [9.17, 15) is 9.18 Å². The molecule has 0 aliphatic heterocycles. The summed E-state index contributed by atoms with van der Waals surface area (Å²) in [6.45, 7) is 0. The van der Waals surface area contributed by atoms with Gasteiger partial charge in [-0.2, -0.15) is 0 Å². The quantitative estimate of drug-likeness (QED) is 0.348. The van der Waals surface area contributed by atoms with E-state index in [1.807, 2.05) is 48.5 Å². The lowest BCUT2D eigenvalue weighted by Gasteiger charge is -2.19. The number of carbonyl (C=O) groups is 1. The number of hydrogen-bond donors (Lipinski definition) is 0. The minimum atomic E-state index is -0.355. The van der Waals surface area contributed by atoms with Gasteiger partial charge in [0.1, 0.15) is 17.3 Å². The lowest BCUT2D eigenvalue weighted by Crippen LogP contribution is -2.06. The molecule has 0 fully saturated rings. The average Bonchev–Trinajstić information content (AvgIpc) is 2.74. The van der Waals surface area contributed by atoms with Crippen LogP contribution < -0.4 is 9.47 Å². The number of methoxy groups -OCH3 is 2. The molecule has 0 saturated heterocycles. The van der Waals surface area contributed by atoms with Gasteiger partial charge in [-0.05, 0) is 48.0 Å². The highest BCUT2D eigenvalue weighted by Gasteiger charge is 2.21. The topological polar surface area (TPSA) is 35.5 Å². The fourth-order valence-corrected chi connectivity index (χ4v) is 4.13. The molecule has 1 atom stereocenters. The van der Waals surface area contributed by atoms with E-state index in [0.29, 0.717) is 5.56 Å². The molecule has 0 spiro atoms. The summed E-state index contributed by atoms with van der Waals surface area (Å²) in [7, 11) is 3.23. The molecule has 0 aromatic heterocycles. The van der Waals surface area contributed by atoms with Crippen LogP contribution in [0.15, 0.2) is 77.7 Å². The van der Waals surface area contributed by atoms with E-state index in [4.69, 9.17) is 9.47 Å². The van der Waals surface area contributed by atoms with E-state index in [2.05, 4.69) is 0 Å². The number of ketones is 1. The number of benzene rings is 3. The summed E-state index contributed by atoms with van der Waals surface area (Å²) in [6, 6.07) is 21.1. The molecule has 0 radical (unpaired) electrons. The van der Waals surface area contributed by atoms with Gasteiger partial charge in [-0.3, -0.25) is 4.79 Å². The van der Waals surface area contributed by atoms with Crippen molar-refractivity contribution in [1.29, 1.82) is 0 Å². The van der Waals surface area contributed by atoms with Gasteiger partial charge in [-0.25, -0.2) is 4.39 Å². The number of rotatable bonds is 8. The van der Waals surface area contributed by atoms with Crippen molar-refractivity contribution < 1.29 is 18.7 Å². The van der Waals surface area contributed by atoms with Gasteiger partial charge in [0.2, 0.25) is 0 Å². The molecular weight excluding hydrogens is 375 g/mol. The van der Waals surface area contributed by atoms with E-state index in [1.165, 1.54) is 24.3 Å². The first-order valence-electron chi connectivity index (χ1n) is 8.83. The zero-order chi connectivity index (χ0) is 19.9. The Morgan fingerprint density at radius 1 is 0.964 bits per heavy atom. The first-order chi connectivity index (χ1) is 13.6. The van der Waals surface area contributed by atoms with E-state index in [1.54, 1.807) is 26.0 Å². The summed E-state index contributed by atoms with van der Waals surface area (Å²) in [4.78, 5) is 13.7. The number of ether oxygens (including phenoxy) is 2. The van der Waals surface area contributed by atoms with Gasteiger partial charge in [0.05, 0.1) is 19.1 Å². The van der Waals surface area contributed by atoms with E-state index in [0.717, 1.165) is 22.0 Å². The molecule has 0 N–H and O–H groups in total. The van der Waals surface area contributed by atoms with Crippen molar-refractivity contribution in [2.75, 3.05) is 14.2 Å². The number of hydrogen-bond acceptors (Lipinski definition) is 4. The molecule has 0 heterocycles. The lowest BCUT2D eigenvalue weighted by atomic mass is 10.0. The summed E-state index contributed by atoms with van der Waals surface area (Å²) in [5.41, 5.74) is 1.54. The van der Waals surface area contributed by atoms with Crippen LogP contribution in [0.5, 0.6) is 11.5 Å². The fourth-order valence-electron chi connectivity index (χ4n) is 2.85. The van der Waals surface area contributed by atoms with Crippen molar-refractivity contribution >= 4 is 17.5 Å². The number of Topliss-reactive ketones (excluding diaryl/α,β-unsaturated/α-hetero) is 1. The molecule has 28 heavy (non-hydrogen) atoms. The van der Waals surface area contributed by atoms with E-state index in [-0.39, 0.29) is 23.3 Å². The molecule has 3 nitrogen and oxygen atoms in total. The molecule has 0 aliphatic rings. The molecule has 0 aliphatic carbocycles. The van der Waals surface area contributed by atoms with Gasteiger partial charge in [0.25, 0.3) is 0 Å². The van der Waals surface area contributed by atoms with Gasteiger partial charge in [0.15, 0.2) is 5.78 Å². The maximum Gasteiger partial charge on any atom is 0.164 e. The molecular formula is C23H21FO3S. The third-order valence-electron chi connectivity index (χ3n) is 4.35. The highest BCUT2D eigenvalue weighted by Crippen LogP contribution is 2.43. The summed E-state index contributed by atoms with van der Waals surface area (Å²) in [5.74, 6) is 1.05. The molecule has 0 unspecified atom stereocenters. The molecule has 0 saturated carbocycles. The van der Waals surface area contributed by atoms with Crippen LogP contribution in [0.4, 0.5) is 4.39 Å². The van der Waals surface area contributed by atoms with Crippen LogP contribution in [0.2, 0.25) is 0 Å². The Balaban J connectivity index is 1.90. The zero-order valence-corrected chi connectivity index (χ0v) is 16.5. The van der Waals surface area contributed by atoms with E-state index >= 15 is 0 Å². The van der Waals surface area contributed by atoms with Crippen molar-refractivity contribution in [3.8, 4) is 11.5 Å². The van der Waals surface area contributed by atoms with Gasteiger partial charge in [0, 0.05) is 17.2 Å². The third-order valence-corrected chi connectivity index (χ3v) is 5.64. The molecule has 3 aromatic rings. The lowest BCUT2D eigenvalue weighted by molar-refractivity contribution is 0.0982. The second kappa shape index (κ2) is 9.42.